The van der Waals surface area contributed by atoms with Gasteiger partial charge in [0.2, 0.25) is 0 Å². The van der Waals surface area contributed by atoms with Gasteiger partial charge in [-0.15, -0.1) is 0 Å². The number of carbonyl (C=O) groups excluding carboxylic acids is 1. The quantitative estimate of drug-likeness (QED) is 0.406. The lowest BCUT2D eigenvalue weighted by Gasteiger charge is -1.94. The van der Waals surface area contributed by atoms with Crippen molar-refractivity contribution in [2.24, 2.45) is 0 Å². The Morgan fingerprint density at radius 2 is 2.33 bits per heavy atom. The number of ketones is 1. The summed E-state index contributed by atoms with van der Waals surface area (Å²) in [4.78, 5) is 10.9. The summed E-state index contributed by atoms with van der Waals surface area (Å²) < 4.78 is 4.91. The van der Waals surface area contributed by atoms with Crippen molar-refractivity contribution in [3.05, 3.63) is 12.2 Å². The number of carbonyl (C=O) groups is 1. The van der Waals surface area contributed by atoms with Crippen LogP contribution in [-0.2, 0) is 9.53 Å². The zero-order valence-electron chi connectivity index (χ0n) is 5.68. The molecule has 1 rings (SSSR count). The van der Waals surface area contributed by atoms with E-state index in [2.05, 4.69) is 0 Å². The third kappa shape index (κ3) is 1.19. The number of rotatable bonds is 2. The van der Waals surface area contributed by atoms with Gasteiger partial charge in [0.1, 0.15) is 0 Å². The lowest BCUT2D eigenvalue weighted by Crippen LogP contribution is -2.16. The molecule has 0 radical (unpaired) electrons. The number of ether oxygens (including phenoxy) is 1. The molecule has 9 heavy (non-hydrogen) atoms. The highest BCUT2D eigenvalue weighted by molar-refractivity contribution is 5.98. The van der Waals surface area contributed by atoms with E-state index in [1.165, 1.54) is 0 Å². The van der Waals surface area contributed by atoms with E-state index < -0.39 is 5.60 Å². The van der Waals surface area contributed by atoms with E-state index in [-0.39, 0.29) is 5.78 Å². The molecule has 1 atom stereocenters. The summed E-state index contributed by atoms with van der Waals surface area (Å²) in [5, 5.41) is 0. The molecule has 0 aromatic rings. The maximum atomic E-state index is 10.9. The molecule has 1 heterocycles. The fourth-order valence-corrected chi connectivity index (χ4v) is 0.578. The first-order chi connectivity index (χ1) is 4.19. The molecular weight excluding hydrogens is 116 g/mol. The van der Waals surface area contributed by atoms with Crippen LogP contribution in [-0.4, -0.2) is 18.0 Å². The fourth-order valence-electron chi connectivity index (χ4n) is 0.578. The molecule has 50 valence electrons. The highest BCUT2D eigenvalue weighted by Gasteiger charge is 2.45. The van der Waals surface area contributed by atoms with Gasteiger partial charge in [0.05, 0.1) is 6.61 Å². The van der Waals surface area contributed by atoms with Crippen molar-refractivity contribution in [1.82, 2.24) is 0 Å². The van der Waals surface area contributed by atoms with Crippen LogP contribution in [0.25, 0.3) is 0 Å². The Balaban J connectivity index is 2.53. The molecule has 0 aromatic carbocycles. The highest BCUT2D eigenvalue weighted by Crippen LogP contribution is 2.26. The molecule has 0 bridgehead atoms. The average molecular weight is 126 g/mol. The Morgan fingerprint density at radius 3 is 2.67 bits per heavy atom. The van der Waals surface area contributed by atoms with Crippen molar-refractivity contribution in [2.75, 3.05) is 6.61 Å². The molecule has 1 aliphatic rings. The molecule has 1 aliphatic heterocycles. The minimum atomic E-state index is -0.466. The molecule has 0 amide bonds. The molecule has 0 aliphatic carbocycles. The number of hydrogen-bond donors (Lipinski definition) is 0. The van der Waals surface area contributed by atoms with Crippen LogP contribution in [0, 0.1) is 0 Å². The van der Waals surface area contributed by atoms with Gasteiger partial charge < -0.3 is 4.74 Å². The van der Waals surface area contributed by atoms with Crippen molar-refractivity contribution in [3.63, 3.8) is 0 Å². The van der Waals surface area contributed by atoms with E-state index in [4.69, 9.17) is 4.74 Å². The van der Waals surface area contributed by atoms with Crippen molar-refractivity contribution in [1.29, 1.82) is 0 Å². The summed E-state index contributed by atoms with van der Waals surface area (Å²) >= 11 is 0. The van der Waals surface area contributed by atoms with Crippen molar-refractivity contribution in [3.8, 4) is 0 Å². The predicted octanol–water partition coefficient (Wildman–Crippen LogP) is 0.921. The van der Waals surface area contributed by atoms with Crippen LogP contribution < -0.4 is 0 Å². The summed E-state index contributed by atoms with van der Waals surface area (Å²) in [5.74, 6) is 0.0741. The van der Waals surface area contributed by atoms with Gasteiger partial charge in [-0.05, 0) is 19.9 Å². The molecule has 1 saturated heterocycles. The van der Waals surface area contributed by atoms with Crippen molar-refractivity contribution >= 4 is 5.78 Å². The minimum Gasteiger partial charge on any atom is -0.361 e. The third-order valence-electron chi connectivity index (χ3n) is 1.42. The second-order valence-electron chi connectivity index (χ2n) is 2.38. The number of epoxide rings is 1. The maximum absolute atomic E-state index is 10.9. The largest absolute Gasteiger partial charge is 0.361 e. The van der Waals surface area contributed by atoms with Crippen molar-refractivity contribution < 1.29 is 9.53 Å². The molecule has 0 N–H and O–H groups in total. The van der Waals surface area contributed by atoms with Crippen LogP contribution in [0.5, 0.6) is 0 Å². The molecule has 1 unspecified atom stereocenters. The number of allylic oxidation sites excluding steroid dienone is 1. The van der Waals surface area contributed by atoms with Crippen LogP contribution in [0.2, 0.25) is 0 Å². The topological polar surface area (TPSA) is 29.6 Å². The first-order valence-corrected chi connectivity index (χ1v) is 3.00. The maximum Gasteiger partial charge on any atom is 0.189 e. The third-order valence-corrected chi connectivity index (χ3v) is 1.42. The Kier molecular flexibility index (Phi) is 1.41. The normalized spacial score (nSPS) is 33.1. The molecule has 0 spiro atoms. The van der Waals surface area contributed by atoms with Gasteiger partial charge in [0.25, 0.3) is 0 Å². The van der Waals surface area contributed by atoms with E-state index in [1.807, 2.05) is 6.92 Å². The van der Waals surface area contributed by atoms with Crippen LogP contribution in [0.3, 0.4) is 0 Å². The van der Waals surface area contributed by atoms with Crippen LogP contribution in [0.1, 0.15) is 13.8 Å². The SMILES string of the molecule is C/C=C/C(=O)C1(C)CO1. The van der Waals surface area contributed by atoms with Crippen LogP contribution in [0.4, 0.5) is 0 Å². The van der Waals surface area contributed by atoms with Gasteiger partial charge in [-0.1, -0.05) is 6.08 Å². The lowest BCUT2D eigenvalue weighted by molar-refractivity contribution is -0.118. The lowest BCUT2D eigenvalue weighted by atomic mass is 10.1. The Labute approximate surface area is 54.5 Å². The zero-order valence-corrected chi connectivity index (χ0v) is 5.68. The zero-order chi connectivity index (χ0) is 6.91. The Morgan fingerprint density at radius 1 is 1.78 bits per heavy atom. The summed E-state index contributed by atoms with van der Waals surface area (Å²) in [5.41, 5.74) is -0.466. The smallest absolute Gasteiger partial charge is 0.189 e. The van der Waals surface area contributed by atoms with Gasteiger partial charge in [-0.25, -0.2) is 0 Å². The second-order valence-corrected chi connectivity index (χ2v) is 2.38. The van der Waals surface area contributed by atoms with E-state index in [0.29, 0.717) is 6.61 Å². The number of hydrogen-bond acceptors (Lipinski definition) is 2. The molecule has 2 nitrogen and oxygen atoms in total. The molecule has 2 heteroatoms. The van der Waals surface area contributed by atoms with Gasteiger partial charge in [-0.2, -0.15) is 0 Å². The van der Waals surface area contributed by atoms with Gasteiger partial charge >= 0.3 is 0 Å². The highest BCUT2D eigenvalue weighted by atomic mass is 16.6. The van der Waals surface area contributed by atoms with E-state index >= 15 is 0 Å². The Bertz CT molecular complexity index is 154. The molecule has 0 aromatic heterocycles. The Hall–Kier alpha value is -0.630. The van der Waals surface area contributed by atoms with E-state index in [0.717, 1.165) is 0 Å². The van der Waals surface area contributed by atoms with E-state index in [9.17, 15) is 4.79 Å². The van der Waals surface area contributed by atoms with Gasteiger partial charge in [0, 0.05) is 0 Å². The summed E-state index contributed by atoms with van der Waals surface area (Å²) in [7, 11) is 0. The standard InChI is InChI=1S/C7H10O2/c1-3-4-6(8)7(2)5-9-7/h3-4H,5H2,1-2H3/b4-3+. The van der Waals surface area contributed by atoms with Crippen LogP contribution >= 0.6 is 0 Å². The minimum absolute atomic E-state index is 0.0741. The summed E-state index contributed by atoms with van der Waals surface area (Å²) in [6.07, 6.45) is 3.28. The fraction of sp³-hybridized carbons (Fsp3) is 0.571. The first kappa shape index (κ1) is 6.49. The molecule has 1 fully saturated rings. The van der Waals surface area contributed by atoms with Crippen LogP contribution in [0.15, 0.2) is 12.2 Å². The van der Waals surface area contributed by atoms with Gasteiger partial charge in [-0.3, -0.25) is 4.79 Å². The molecule has 0 saturated carbocycles. The average Bonchev–Trinajstić information content (AvgIpc) is 2.50. The molecular formula is C7H10O2. The summed E-state index contributed by atoms with van der Waals surface area (Å²) in [6.45, 7) is 4.20. The summed E-state index contributed by atoms with van der Waals surface area (Å²) in [6, 6.07) is 0. The van der Waals surface area contributed by atoms with Gasteiger partial charge in [0.15, 0.2) is 11.4 Å². The monoisotopic (exact) mass is 126 g/mol. The van der Waals surface area contributed by atoms with Crippen molar-refractivity contribution in [2.45, 2.75) is 19.4 Å². The predicted molar refractivity (Wildman–Crippen MR) is 34.2 cm³/mol. The second kappa shape index (κ2) is 1.95. The van der Waals surface area contributed by atoms with E-state index in [1.54, 1.807) is 19.1 Å². The first-order valence-electron chi connectivity index (χ1n) is 3.00.